The third kappa shape index (κ3) is 3.43. The minimum Gasteiger partial charge on any atom is -0.340 e. The minimum atomic E-state index is 0.00518. The van der Waals surface area contributed by atoms with Crippen LogP contribution in [0.4, 0.5) is 0 Å². The number of halogens is 1. The summed E-state index contributed by atoms with van der Waals surface area (Å²) in [6.45, 7) is 5.01. The molecular weight excluding hydrogens is 318 g/mol. The van der Waals surface area contributed by atoms with Crippen LogP contribution in [0, 0.1) is 5.92 Å². The Kier molecular flexibility index (Phi) is 5.24. The van der Waals surface area contributed by atoms with Crippen LogP contribution in [0.25, 0.3) is 0 Å². The molecule has 0 atom stereocenters. The Labute approximate surface area is 129 Å². The highest BCUT2D eigenvalue weighted by atomic mass is 79.9. The quantitative estimate of drug-likeness (QED) is 0.901. The van der Waals surface area contributed by atoms with E-state index >= 15 is 0 Å². The highest BCUT2D eigenvalue weighted by Crippen LogP contribution is 2.28. The van der Waals surface area contributed by atoms with Crippen molar-refractivity contribution >= 4 is 21.8 Å². The topological polar surface area (TPSA) is 49.0 Å². The van der Waals surface area contributed by atoms with Gasteiger partial charge in [0, 0.05) is 13.6 Å². The van der Waals surface area contributed by atoms with Gasteiger partial charge in [-0.3, -0.25) is 9.89 Å². The molecule has 1 N–H and O–H groups in total. The molecule has 1 aromatic rings. The molecule has 4 nitrogen and oxygen atoms in total. The first-order valence-corrected chi connectivity index (χ1v) is 8.29. The number of nitrogens with one attached hydrogen (secondary N) is 1. The van der Waals surface area contributed by atoms with Crippen LogP contribution >= 0.6 is 15.9 Å². The van der Waals surface area contributed by atoms with Crippen LogP contribution in [0.1, 0.15) is 68.1 Å². The fourth-order valence-electron chi connectivity index (χ4n) is 2.89. The number of amides is 1. The van der Waals surface area contributed by atoms with E-state index in [0.29, 0.717) is 17.5 Å². The second-order valence-corrected chi connectivity index (χ2v) is 6.94. The summed E-state index contributed by atoms with van der Waals surface area (Å²) in [5, 5.41) is 7.16. The number of rotatable bonds is 4. The molecule has 1 aliphatic carbocycles. The first-order chi connectivity index (χ1) is 9.50. The van der Waals surface area contributed by atoms with Crippen molar-refractivity contribution < 1.29 is 4.79 Å². The monoisotopic (exact) mass is 341 g/mol. The molecular formula is C15H24BrN3O. The van der Waals surface area contributed by atoms with E-state index in [1.54, 1.807) is 0 Å². The van der Waals surface area contributed by atoms with Crippen molar-refractivity contribution in [2.45, 2.75) is 51.9 Å². The van der Waals surface area contributed by atoms with E-state index in [-0.39, 0.29) is 5.91 Å². The molecule has 0 spiro atoms. The van der Waals surface area contributed by atoms with Crippen LogP contribution in [0.3, 0.4) is 0 Å². The molecule has 5 heteroatoms. The van der Waals surface area contributed by atoms with E-state index in [1.165, 1.54) is 32.1 Å². The van der Waals surface area contributed by atoms with E-state index in [4.69, 9.17) is 0 Å². The predicted octanol–water partition coefficient (Wildman–Crippen LogP) is 3.95. The molecule has 0 saturated heterocycles. The number of H-pyrrole nitrogens is 1. The number of hydrogen-bond acceptors (Lipinski definition) is 2. The normalized spacial score (nSPS) is 16.6. The molecule has 2 rings (SSSR count). The van der Waals surface area contributed by atoms with Crippen LogP contribution in [0.2, 0.25) is 0 Å². The average molecular weight is 342 g/mol. The minimum absolute atomic E-state index is 0.00518. The molecule has 0 aliphatic heterocycles. The lowest BCUT2D eigenvalue weighted by Crippen LogP contribution is -2.33. The molecule has 1 heterocycles. The van der Waals surface area contributed by atoms with Crippen molar-refractivity contribution in [3.8, 4) is 0 Å². The van der Waals surface area contributed by atoms with Gasteiger partial charge in [-0.05, 0) is 40.6 Å². The molecule has 0 aromatic carbocycles. The molecule has 1 aliphatic rings. The Balaban J connectivity index is 2.02. The van der Waals surface area contributed by atoms with Crippen molar-refractivity contribution in [2.75, 3.05) is 13.6 Å². The number of hydrogen-bond donors (Lipinski definition) is 1. The lowest BCUT2D eigenvalue weighted by atomic mass is 9.89. The van der Waals surface area contributed by atoms with Gasteiger partial charge in [0.2, 0.25) is 0 Å². The van der Waals surface area contributed by atoms with E-state index in [1.807, 2.05) is 11.9 Å². The number of aromatic amines is 1. The zero-order valence-electron chi connectivity index (χ0n) is 12.6. The average Bonchev–Trinajstić information content (AvgIpc) is 2.81. The summed E-state index contributed by atoms with van der Waals surface area (Å²) in [6, 6.07) is 0. The molecule has 1 fully saturated rings. The van der Waals surface area contributed by atoms with Crippen LogP contribution in [-0.2, 0) is 0 Å². The van der Waals surface area contributed by atoms with Crippen molar-refractivity contribution in [1.82, 2.24) is 15.1 Å². The van der Waals surface area contributed by atoms with Crippen LogP contribution < -0.4 is 0 Å². The maximum atomic E-state index is 12.5. The lowest BCUT2D eigenvalue weighted by molar-refractivity contribution is 0.0754. The van der Waals surface area contributed by atoms with Gasteiger partial charge in [0.25, 0.3) is 5.91 Å². The maximum absolute atomic E-state index is 12.5. The molecule has 0 bridgehead atoms. The summed E-state index contributed by atoms with van der Waals surface area (Å²) in [6.07, 6.45) is 6.44. The van der Waals surface area contributed by atoms with E-state index in [2.05, 4.69) is 40.0 Å². The standard InChI is InChI=1S/C15H24BrN3O/c1-10(2)13-12(16)14(18-17-13)15(20)19(3)9-11-7-5-4-6-8-11/h10-11H,4-9H2,1-3H3,(H,17,18). The second-order valence-electron chi connectivity index (χ2n) is 6.14. The SMILES string of the molecule is CC(C)c1[nH]nc(C(=O)N(C)CC2CCCCC2)c1Br. The van der Waals surface area contributed by atoms with Crippen molar-refractivity contribution in [1.29, 1.82) is 0 Å². The van der Waals surface area contributed by atoms with Gasteiger partial charge in [-0.15, -0.1) is 0 Å². The molecule has 0 unspecified atom stereocenters. The van der Waals surface area contributed by atoms with Gasteiger partial charge in [-0.2, -0.15) is 5.10 Å². The zero-order chi connectivity index (χ0) is 14.7. The molecule has 112 valence electrons. The predicted molar refractivity (Wildman–Crippen MR) is 83.9 cm³/mol. The molecule has 1 saturated carbocycles. The number of aromatic nitrogens is 2. The summed E-state index contributed by atoms with van der Waals surface area (Å²) in [7, 11) is 1.88. The second kappa shape index (κ2) is 6.74. The molecule has 1 aromatic heterocycles. The van der Waals surface area contributed by atoms with Gasteiger partial charge in [0.1, 0.15) is 0 Å². The first-order valence-electron chi connectivity index (χ1n) is 7.50. The van der Waals surface area contributed by atoms with Crippen molar-refractivity contribution in [2.24, 2.45) is 5.92 Å². The van der Waals surface area contributed by atoms with Gasteiger partial charge in [0.15, 0.2) is 5.69 Å². The summed E-state index contributed by atoms with van der Waals surface area (Å²) >= 11 is 3.50. The summed E-state index contributed by atoms with van der Waals surface area (Å²) < 4.78 is 0.813. The Hall–Kier alpha value is -0.840. The van der Waals surface area contributed by atoms with E-state index in [9.17, 15) is 4.79 Å². The largest absolute Gasteiger partial charge is 0.340 e. The van der Waals surface area contributed by atoms with E-state index < -0.39 is 0 Å². The smallest absolute Gasteiger partial charge is 0.275 e. The first kappa shape index (κ1) is 15.5. The fraction of sp³-hybridized carbons (Fsp3) is 0.733. The van der Waals surface area contributed by atoms with Crippen LogP contribution in [0.15, 0.2) is 4.47 Å². The Bertz CT molecular complexity index is 464. The Morgan fingerprint density at radius 2 is 2.05 bits per heavy atom. The van der Waals surface area contributed by atoms with Gasteiger partial charge >= 0.3 is 0 Å². The van der Waals surface area contributed by atoms with Gasteiger partial charge < -0.3 is 4.90 Å². The number of carbonyl (C=O) groups is 1. The lowest BCUT2D eigenvalue weighted by Gasteiger charge is -2.26. The molecule has 1 amide bonds. The van der Waals surface area contributed by atoms with E-state index in [0.717, 1.165) is 16.7 Å². The summed E-state index contributed by atoms with van der Waals surface area (Å²) in [4.78, 5) is 14.3. The highest BCUT2D eigenvalue weighted by Gasteiger charge is 2.24. The third-order valence-electron chi connectivity index (χ3n) is 4.12. The van der Waals surface area contributed by atoms with Gasteiger partial charge in [-0.25, -0.2) is 0 Å². The fourth-order valence-corrected chi connectivity index (χ4v) is 3.69. The molecule has 20 heavy (non-hydrogen) atoms. The summed E-state index contributed by atoms with van der Waals surface area (Å²) in [5.74, 6) is 0.979. The number of carbonyl (C=O) groups excluding carboxylic acids is 1. The molecule has 0 radical (unpaired) electrons. The summed E-state index contributed by atoms with van der Waals surface area (Å²) in [5.41, 5.74) is 1.49. The Morgan fingerprint density at radius 1 is 1.40 bits per heavy atom. The van der Waals surface area contributed by atoms with Crippen LogP contribution in [0.5, 0.6) is 0 Å². The highest BCUT2D eigenvalue weighted by molar-refractivity contribution is 9.10. The van der Waals surface area contributed by atoms with Crippen LogP contribution in [-0.4, -0.2) is 34.6 Å². The van der Waals surface area contributed by atoms with Gasteiger partial charge in [-0.1, -0.05) is 33.1 Å². The maximum Gasteiger partial charge on any atom is 0.275 e. The van der Waals surface area contributed by atoms with Gasteiger partial charge in [0.05, 0.1) is 10.2 Å². The zero-order valence-corrected chi connectivity index (χ0v) is 14.2. The van der Waals surface area contributed by atoms with Crippen molar-refractivity contribution in [3.63, 3.8) is 0 Å². The number of nitrogens with zero attached hydrogens (tertiary/aromatic N) is 2. The van der Waals surface area contributed by atoms with Crippen molar-refractivity contribution in [3.05, 3.63) is 15.9 Å². The third-order valence-corrected chi connectivity index (χ3v) is 4.92. The Morgan fingerprint density at radius 3 is 2.60 bits per heavy atom.